The molecule has 0 heterocycles. The summed E-state index contributed by atoms with van der Waals surface area (Å²) in [5.41, 5.74) is -0.707. The highest BCUT2D eigenvalue weighted by atomic mass is 28.4. The fourth-order valence-corrected chi connectivity index (χ4v) is 3.27. The second-order valence-corrected chi connectivity index (χ2v) is 9.99. The van der Waals surface area contributed by atoms with Gasteiger partial charge in [0.25, 0.3) is 0 Å². The van der Waals surface area contributed by atoms with Gasteiger partial charge in [-0.3, -0.25) is 0 Å². The van der Waals surface area contributed by atoms with Gasteiger partial charge in [-0.05, 0) is 32.5 Å². The molecule has 0 radical (unpaired) electrons. The summed E-state index contributed by atoms with van der Waals surface area (Å²) in [6.45, 7) is 6.00. The van der Waals surface area contributed by atoms with Gasteiger partial charge in [0, 0.05) is 0 Å². The molecule has 6 heteroatoms. The maximum atomic E-state index is 10.9. The molecule has 1 fully saturated rings. The Bertz CT molecular complexity index is 327. The zero-order valence-electron chi connectivity index (χ0n) is 10.6. The molecular formula is C11H20N2O3Si. The number of carboxylic acid groups (broad SMARTS) is 1. The van der Waals surface area contributed by atoms with Crippen LogP contribution in [-0.4, -0.2) is 31.2 Å². The number of nitrogens with zero attached hydrogens (tertiary/aromatic N) is 1. The number of carbonyl (C=O) groups is 1. The maximum Gasteiger partial charge on any atom is 0.405 e. The largest absolute Gasteiger partial charge is 0.465 e. The lowest BCUT2D eigenvalue weighted by Gasteiger charge is -2.36. The molecule has 5 nitrogen and oxygen atoms in total. The second kappa shape index (κ2) is 5.06. The fourth-order valence-electron chi connectivity index (χ4n) is 2.29. The summed E-state index contributed by atoms with van der Waals surface area (Å²) in [6, 6.07) is 2.13. The minimum atomic E-state index is -1.86. The summed E-state index contributed by atoms with van der Waals surface area (Å²) in [6.07, 6.45) is 1.49. The third-order valence-corrected chi connectivity index (χ3v) is 3.89. The van der Waals surface area contributed by atoms with Gasteiger partial charge in [-0.1, -0.05) is 12.8 Å². The SMILES string of the molecule is C[Si](C)(C)OC(C#N)C1(NC(=O)O)CCCC1. The predicted octanol–water partition coefficient (Wildman–Crippen LogP) is 2.31. The van der Waals surface area contributed by atoms with Gasteiger partial charge in [0.15, 0.2) is 14.4 Å². The summed E-state index contributed by atoms with van der Waals surface area (Å²) in [5, 5.41) is 20.7. The van der Waals surface area contributed by atoms with Gasteiger partial charge in [0.1, 0.15) is 0 Å². The number of hydrogen-bond donors (Lipinski definition) is 2. The standard InChI is InChI=1S/C11H20N2O3Si/c1-17(2,3)16-9(8-12)11(13-10(14)15)6-4-5-7-11/h9,13H,4-7H2,1-3H3,(H,14,15). The topological polar surface area (TPSA) is 82.3 Å². The van der Waals surface area contributed by atoms with Gasteiger partial charge in [-0.15, -0.1) is 0 Å². The zero-order chi connectivity index (χ0) is 13.1. The van der Waals surface area contributed by atoms with Gasteiger partial charge in [-0.25, -0.2) is 4.79 Å². The zero-order valence-corrected chi connectivity index (χ0v) is 11.6. The molecule has 0 aromatic heterocycles. The number of hydrogen-bond acceptors (Lipinski definition) is 3. The first-order valence-corrected chi connectivity index (χ1v) is 9.28. The monoisotopic (exact) mass is 256 g/mol. The Morgan fingerprint density at radius 3 is 2.35 bits per heavy atom. The Morgan fingerprint density at radius 2 is 2.00 bits per heavy atom. The number of nitriles is 1. The Labute approximate surface area is 103 Å². The Morgan fingerprint density at radius 1 is 1.47 bits per heavy atom. The molecule has 0 aromatic carbocycles. The van der Waals surface area contributed by atoms with Crippen LogP contribution in [0.1, 0.15) is 25.7 Å². The maximum absolute atomic E-state index is 10.9. The van der Waals surface area contributed by atoms with Gasteiger partial charge >= 0.3 is 6.09 Å². The van der Waals surface area contributed by atoms with E-state index in [-0.39, 0.29) is 0 Å². The van der Waals surface area contributed by atoms with Crippen molar-refractivity contribution in [2.75, 3.05) is 0 Å². The highest BCUT2D eigenvalue weighted by Gasteiger charge is 2.45. The lowest BCUT2D eigenvalue weighted by atomic mass is 9.91. The number of rotatable bonds is 4. The normalized spacial score (nSPS) is 20.6. The molecule has 1 rings (SSSR count). The van der Waals surface area contributed by atoms with E-state index in [2.05, 4.69) is 11.4 Å². The van der Waals surface area contributed by atoms with E-state index >= 15 is 0 Å². The van der Waals surface area contributed by atoms with Crippen LogP contribution in [0.2, 0.25) is 19.6 Å². The Hall–Kier alpha value is -1.06. The lowest BCUT2D eigenvalue weighted by molar-refractivity contribution is 0.111. The minimum absolute atomic E-state index is 0.673. The van der Waals surface area contributed by atoms with Crippen molar-refractivity contribution in [2.45, 2.75) is 57.0 Å². The molecule has 0 bridgehead atoms. The molecule has 0 spiro atoms. The van der Waals surface area contributed by atoms with Crippen LogP contribution in [0.15, 0.2) is 0 Å². The molecule has 2 N–H and O–H groups in total. The van der Waals surface area contributed by atoms with Gasteiger partial charge in [0.05, 0.1) is 11.6 Å². The third-order valence-electron chi connectivity index (χ3n) is 2.94. The van der Waals surface area contributed by atoms with Crippen molar-refractivity contribution in [3.8, 4) is 6.07 Å². The van der Waals surface area contributed by atoms with Crippen LogP contribution in [0.5, 0.6) is 0 Å². The minimum Gasteiger partial charge on any atom is -0.465 e. The molecule has 1 unspecified atom stereocenters. The van der Waals surface area contributed by atoms with E-state index in [9.17, 15) is 10.1 Å². The Kier molecular flexibility index (Phi) is 4.17. The van der Waals surface area contributed by atoms with E-state index in [1.54, 1.807) is 0 Å². The second-order valence-electron chi connectivity index (χ2n) is 5.53. The Balaban J connectivity index is 2.88. The summed E-state index contributed by atoms with van der Waals surface area (Å²) in [4.78, 5) is 10.9. The fraction of sp³-hybridized carbons (Fsp3) is 0.818. The smallest absolute Gasteiger partial charge is 0.405 e. The van der Waals surface area contributed by atoms with Crippen LogP contribution in [0.3, 0.4) is 0 Å². The summed E-state index contributed by atoms with van der Waals surface area (Å²) in [7, 11) is -1.86. The van der Waals surface area contributed by atoms with Crippen LogP contribution in [0.25, 0.3) is 0 Å². The van der Waals surface area contributed by atoms with Crippen LogP contribution in [0, 0.1) is 11.3 Å². The van der Waals surface area contributed by atoms with Crippen molar-refractivity contribution in [1.82, 2.24) is 5.32 Å². The first-order chi connectivity index (χ1) is 7.79. The van der Waals surface area contributed by atoms with Crippen molar-refractivity contribution < 1.29 is 14.3 Å². The first-order valence-electron chi connectivity index (χ1n) is 5.88. The van der Waals surface area contributed by atoms with Crippen LogP contribution >= 0.6 is 0 Å². The van der Waals surface area contributed by atoms with Crippen LogP contribution in [0.4, 0.5) is 4.79 Å². The molecule has 1 amide bonds. The van der Waals surface area contributed by atoms with Crippen molar-refractivity contribution >= 4 is 14.4 Å². The van der Waals surface area contributed by atoms with E-state index in [0.29, 0.717) is 12.8 Å². The van der Waals surface area contributed by atoms with Crippen LogP contribution < -0.4 is 5.32 Å². The van der Waals surface area contributed by atoms with Crippen molar-refractivity contribution in [1.29, 1.82) is 5.26 Å². The van der Waals surface area contributed by atoms with Crippen LogP contribution in [-0.2, 0) is 4.43 Å². The van der Waals surface area contributed by atoms with Crippen molar-refractivity contribution in [2.24, 2.45) is 0 Å². The molecule has 1 saturated carbocycles. The summed E-state index contributed by atoms with van der Waals surface area (Å²) >= 11 is 0. The van der Waals surface area contributed by atoms with Crippen molar-refractivity contribution in [3.63, 3.8) is 0 Å². The molecule has 96 valence electrons. The van der Waals surface area contributed by atoms with Crippen molar-refractivity contribution in [3.05, 3.63) is 0 Å². The molecule has 0 aromatic rings. The summed E-state index contributed by atoms with van der Waals surface area (Å²) in [5.74, 6) is 0. The van der Waals surface area contributed by atoms with Gasteiger partial charge in [0.2, 0.25) is 0 Å². The van der Waals surface area contributed by atoms with E-state index in [0.717, 1.165) is 12.8 Å². The van der Waals surface area contributed by atoms with E-state index in [1.807, 2.05) is 19.6 Å². The lowest BCUT2D eigenvalue weighted by Crippen LogP contribution is -2.57. The molecule has 1 aliphatic rings. The molecule has 0 aliphatic heterocycles. The first kappa shape index (κ1) is 14.0. The highest BCUT2D eigenvalue weighted by molar-refractivity contribution is 6.69. The van der Waals surface area contributed by atoms with E-state index < -0.39 is 26.1 Å². The predicted molar refractivity (Wildman–Crippen MR) is 66.2 cm³/mol. The van der Waals surface area contributed by atoms with E-state index in [1.165, 1.54) is 0 Å². The van der Waals surface area contributed by atoms with Gasteiger partial charge in [-0.2, -0.15) is 5.26 Å². The molecule has 1 aliphatic carbocycles. The molecule has 0 saturated heterocycles. The molecular weight excluding hydrogens is 236 g/mol. The quantitative estimate of drug-likeness (QED) is 0.756. The molecule has 17 heavy (non-hydrogen) atoms. The number of amides is 1. The summed E-state index contributed by atoms with van der Waals surface area (Å²) < 4.78 is 5.83. The van der Waals surface area contributed by atoms with Gasteiger partial charge < -0.3 is 14.8 Å². The number of nitrogens with one attached hydrogen (secondary N) is 1. The van der Waals surface area contributed by atoms with E-state index in [4.69, 9.17) is 9.53 Å². The highest BCUT2D eigenvalue weighted by Crippen LogP contribution is 2.35. The average Bonchev–Trinajstić information content (AvgIpc) is 2.61. The third kappa shape index (κ3) is 3.72. The average molecular weight is 256 g/mol. The molecule has 1 atom stereocenters.